The normalized spacial score (nSPS) is 19.9. The van der Waals surface area contributed by atoms with Gasteiger partial charge >= 0.3 is 0 Å². The molecule has 1 atom stereocenters. The average Bonchev–Trinajstić information content (AvgIpc) is 2.45. The molecule has 20 heavy (non-hydrogen) atoms. The highest BCUT2D eigenvalue weighted by Gasteiger charge is 2.18. The van der Waals surface area contributed by atoms with Crippen LogP contribution in [-0.4, -0.2) is 36.0 Å². The zero-order valence-electron chi connectivity index (χ0n) is 12.0. The van der Waals surface area contributed by atoms with Crippen molar-refractivity contribution in [3.63, 3.8) is 0 Å². The number of rotatable bonds is 6. The third kappa shape index (κ3) is 4.02. The minimum Gasteiger partial charge on any atom is -0.312 e. The molecule has 0 saturated carbocycles. The van der Waals surface area contributed by atoms with Gasteiger partial charge in [-0.1, -0.05) is 24.6 Å². The zero-order valence-corrected chi connectivity index (χ0v) is 12.0. The van der Waals surface area contributed by atoms with E-state index in [0.717, 1.165) is 18.5 Å². The number of nitrogens with zero attached hydrogens (tertiary/aromatic N) is 2. The Kier molecular flexibility index (Phi) is 5.49. The molecule has 1 heterocycles. The standard InChI is InChI=1S/C15H23N3O2/c1-17-11-5-4-7-14(17)9-10-16-12-13-6-2-3-8-15(13)18(19)20/h2-3,6,8,14,16H,4-5,7,9-12H2,1H3. The summed E-state index contributed by atoms with van der Waals surface area (Å²) in [5.41, 5.74) is 0.962. The molecule has 1 aliphatic heterocycles. The van der Waals surface area contributed by atoms with E-state index in [9.17, 15) is 10.1 Å². The SMILES string of the molecule is CN1CCCCC1CCNCc1ccccc1[N+](=O)[O-]. The smallest absolute Gasteiger partial charge is 0.273 e. The van der Waals surface area contributed by atoms with E-state index in [2.05, 4.69) is 17.3 Å². The second kappa shape index (κ2) is 7.36. The van der Waals surface area contributed by atoms with Crippen LogP contribution in [0.1, 0.15) is 31.2 Å². The summed E-state index contributed by atoms with van der Waals surface area (Å²) in [6, 6.07) is 7.59. The Morgan fingerprint density at radius 1 is 1.40 bits per heavy atom. The van der Waals surface area contributed by atoms with Crippen molar-refractivity contribution in [3.05, 3.63) is 39.9 Å². The molecule has 5 heteroatoms. The van der Waals surface area contributed by atoms with Crippen molar-refractivity contribution in [2.75, 3.05) is 20.1 Å². The molecule has 1 unspecified atom stereocenters. The van der Waals surface area contributed by atoms with E-state index in [-0.39, 0.29) is 10.6 Å². The van der Waals surface area contributed by atoms with Gasteiger partial charge in [-0.25, -0.2) is 0 Å². The van der Waals surface area contributed by atoms with Crippen molar-refractivity contribution >= 4 is 5.69 Å². The Bertz CT molecular complexity index is 450. The minimum atomic E-state index is -0.314. The highest BCUT2D eigenvalue weighted by Crippen LogP contribution is 2.18. The first-order valence-corrected chi connectivity index (χ1v) is 7.31. The molecule has 1 aromatic carbocycles. The lowest BCUT2D eigenvalue weighted by atomic mass is 10.0. The van der Waals surface area contributed by atoms with E-state index < -0.39 is 0 Å². The molecule has 5 nitrogen and oxygen atoms in total. The summed E-state index contributed by atoms with van der Waals surface area (Å²) in [7, 11) is 2.19. The van der Waals surface area contributed by atoms with E-state index >= 15 is 0 Å². The lowest BCUT2D eigenvalue weighted by molar-refractivity contribution is -0.385. The van der Waals surface area contributed by atoms with Gasteiger partial charge in [0.1, 0.15) is 0 Å². The third-order valence-electron chi connectivity index (χ3n) is 4.08. The van der Waals surface area contributed by atoms with Gasteiger partial charge in [0.25, 0.3) is 5.69 Å². The van der Waals surface area contributed by atoms with Gasteiger partial charge < -0.3 is 10.2 Å². The first-order valence-electron chi connectivity index (χ1n) is 7.31. The molecule has 1 N–H and O–H groups in total. The summed E-state index contributed by atoms with van der Waals surface area (Å²) in [4.78, 5) is 13.0. The zero-order chi connectivity index (χ0) is 14.4. The fraction of sp³-hybridized carbons (Fsp3) is 0.600. The van der Waals surface area contributed by atoms with Crippen LogP contribution in [-0.2, 0) is 6.54 Å². The Morgan fingerprint density at radius 2 is 2.20 bits per heavy atom. The molecule has 0 amide bonds. The van der Waals surface area contributed by atoms with Gasteiger partial charge in [0.2, 0.25) is 0 Å². The highest BCUT2D eigenvalue weighted by atomic mass is 16.6. The quantitative estimate of drug-likeness (QED) is 0.493. The Hall–Kier alpha value is -1.46. The second-order valence-electron chi connectivity index (χ2n) is 5.48. The average molecular weight is 277 g/mol. The predicted molar refractivity (Wildman–Crippen MR) is 79.7 cm³/mol. The topological polar surface area (TPSA) is 58.4 Å². The van der Waals surface area contributed by atoms with Crippen molar-refractivity contribution < 1.29 is 4.92 Å². The number of nitro groups is 1. The molecule has 0 radical (unpaired) electrons. The van der Waals surface area contributed by atoms with Crippen LogP contribution in [0.15, 0.2) is 24.3 Å². The molecule has 0 spiro atoms. The maximum atomic E-state index is 10.9. The van der Waals surface area contributed by atoms with Crippen LogP contribution < -0.4 is 5.32 Å². The van der Waals surface area contributed by atoms with Gasteiger partial charge in [-0.05, 0) is 39.4 Å². The van der Waals surface area contributed by atoms with Crippen molar-refractivity contribution in [2.45, 2.75) is 38.3 Å². The minimum absolute atomic E-state index is 0.204. The van der Waals surface area contributed by atoms with Crippen LogP contribution in [0.25, 0.3) is 0 Å². The number of piperidine rings is 1. The van der Waals surface area contributed by atoms with Crippen LogP contribution in [0.2, 0.25) is 0 Å². The van der Waals surface area contributed by atoms with Crippen molar-refractivity contribution in [3.8, 4) is 0 Å². The van der Waals surface area contributed by atoms with E-state index in [1.165, 1.54) is 25.8 Å². The molecular formula is C15H23N3O2. The number of likely N-dealkylation sites (tertiary alicyclic amines) is 1. The Balaban J connectivity index is 1.77. The summed E-state index contributed by atoms with van der Waals surface area (Å²) in [6.45, 7) is 2.66. The van der Waals surface area contributed by atoms with Crippen LogP contribution in [0.3, 0.4) is 0 Å². The molecule has 110 valence electrons. The van der Waals surface area contributed by atoms with Crippen LogP contribution >= 0.6 is 0 Å². The Labute approximate surface area is 120 Å². The molecule has 0 bridgehead atoms. The number of nitro benzene ring substituents is 1. The fourth-order valence-corrected chi connectivity index (χ4v) is 2.84. The summed E-state index contributed by atoms with van der Waals surface area (Å²) < 4.78 is 0. The second-order valence-corrected chi connectivity index (χ2v) is 5.48. The lowest BCUT2D eigenvalue weighted by Crippen LogP contribution is -2.38. The predicted octanol–water partition coefficient (Wildman–Crippen LogP) is 2.56. The summed E-state index contributed by atoms with van der Waals surface area (Å²) in [5.74, 6) is 0. The molecule has 0 aromatic heterocycles. The monoisotopic (exact) mass is 277 g/mol. The largest absolute Gasteiger partial charge is 0.312 e. The van der Waals surface area contributed by atoms with E-state index in [1.807, 2.05) is 12.1 Å². The fourth-order valence-electron chi connectivity index (χ4n) is 2.84. The molecule has 0 aliphatic carbocycles. The van der Waals surface area contributed by atoms with Gasteiger partial charge in [0.05, 0.1) is 4.92 Å². The molecule has 1 fully saturated rings. The number of para-hydroxylation sites is 1. The van der Waals surface area contributed by atoms with E-state index in [0.29, 0.717) is 12.6 Å². The van der Waals surface area contributed by atoms with Crippen LogP contribution in [0.4, 0.5) is 5.69 Å². The van der Waals surface area contributed by atoms with Gasteiger partial charge in [0.15, 0.2) is 0 Å². The Morgan fingerprint density at radius 3 is 2.95 bits per heavy atom. The summed E-state index contributed by atoms with van der Waals surface area (Å²) in [6.07, 6.45) is 5.00. The summed E-state index contributed by atoms with van der Waals surface area (Å²) >= 11 is 0. The molecular weight excluding hydrogens is 254 g/mol. The van der Waals surface area contributed by atoms with Gasteiger partial charge in [-0.15, -0.1) is 0 Å². The molecule has 1 saturated heterocycles. The van der Waals surface area contributed by atoms with Crippen LogP contribution in [0.5, 0.6) is 0 Å². The van der Waals surface area contributed by atoms with Gasteiger partial charge in [-0.2, -0.15) is 0 Å². The van der Waals surface area contributed by atoms with Crippen molar-refractivity contribution in [1.82, 2.24) is 10.2 Å². The van der Waals surface area contributed by atoms with Crippen LogP contribution in [0, 0.1) is 10.1 Å². The van der Waals surface area contributed by atoms with E-state index in [1.54, 1.807) is 12.1 Å². The maximum Gasteiger partial charge on any atom is 0.273 e. The first-order chi connectivity index (χ1) is 9.68. The molecule has 2 rings (SSSR count). The van der Waals surface area contributed by atoms with Gasteiger partial charge in [0, 0.05) is 24.2 Å². The molecule has 1 aliphatic rings. The van der Waals surface area contributed by atoms with Crippen molar-refractivity contribution in [1.29, 1.82) is 0 Å². The third-order valence-corrected chi connectivity index (χ3v) is 4.08. The first kappa shape index (κ1) is 14.9. The number of hydrogen-bond donors (Lipinski definition) is 1. The lowest BCUT2D eigenvalue weighted by Gasteiger charge is -2.32. The number of nitrogens with one attached hydrogen (secondary N) is 1. The maximum absolute atomic E-state index is 10.9. The highest BCUT2D eigenvalue weighted by molar-refractivity contribution is 5.39. The molecule has 1 aromatic rings. The van der Waals surface area contributed by atoms with Crippen molar-refractivity contribution in [2.24, 2.45) is 0 Å². The number of hydrogen-bond acceptors (Lipinski definition) is 4. The number of benzene rings is 1. The van der Waals surface area contributed by atoms with E-state index in [4.69, 9.17) is 0 Å². The summed E-state index contributed by atoms with van der Waals surface area (Å²) in [5, 5.41) is 14.2. The van der Waals surface area contributed by atoms with Gasteiger partial charge in [-0.3, -0.25) is 10.1 Å².